The van der Waals surface area contributed by atoms with Crippen molar-refractivity contribution in [3.8, 4) is 0 Å². The van der Waals surface area contributed by atoms with Crippen LogP contribution in [0.3, 0.4) is 0 Å². The minimum atomic E-state index is -3.16. The molecule has 0 atom stereocenters. The number of hydrogen-bond acceptors (Lipinski definition) is 4. The molecule has 2 rings (SSSR count). The van der Waals surface area contributed by atoms with E-state index in [1.54, 1.807) is 14.0 Å². The predicted molar refractivity (Wildman–Crippen MR) is 86.8 cm³/mol. The molecule has 128 valence electrons. The highest BCUT2D eigenvalue weighted by molar-refractivity contribution is 7.89. The van der Waals surface area contributed by atoms with Crippen molar-refractivity contribution in [2.75, 3.05) is 25.9 Å². The number of sulfonamides is 1. The summed E-state index contributed by atoms with van der Waals surface area (Å²) in [7, 11) is -1.52. The summed E-state index contributed by atoms with van der Waals surface area (Å²) in [6.07, 6.45) is 6.14. The number of rotatable bonds is 4. The summed E-state index contributed by atoms with van der Waals surface area (Å²) in [4.78, 5) is 14.5. The van der Waals surface area contributed by atoms with Gasteiger partial charge >= 0.3 is 0 Å². The summed E-state index contributed by atoms with van der Waals surface area (Å²) in [5, 5.41) is 0. The molecule has 1 saturated carbocycles. The lowest BCUT2D eigenvalue weighted by atomic mass is 9.81. The maximum Gasteiger partial charge on any atom is 0.242 e. The van der Waals surface area contributed by atoms with Gasteiger partial charge in [-0.15, -0.1) is 0 Å². The van der Waals surface area contributed by atoms with Crippen LogP contribution in [0.2, 0.25) is 0 Å². The van der Waals surface area contributed by atoms with E-state index in [-0.39, 0.29) is 17.7 Å². The monoisotopic (exact) mass is 331 g/mol. The fourth-order valence-electron chi connectivity index (χ4n) is 3.57. The Kier molecular flexibility index (Phi) is 5.50. The Morgan fingerprint density at radius 2 is 1.77 bits per heavy atom. The van der Waals surface area contributed by atoms with E-state index < -0.39 is 15.6 Å². The van der Waals surface area contributed by atoms with Crippen molar-refractivity contribution < 1.29 is 13.2 Å². The van der Waals surface area contributed by atoms with E-state index in [4.69, 9.17) is 5.73 Å². The van der Waals surface area contributed by atoms with Crippen LogP contribution in [0.15, 0.2) is 0 Å². The second-order valence-corrected chi connectivity index (χ2v) is 8.97. The van der Waals surface area contributed by atoms with E-state index in [1.807, 2.05) is 4.90 Å². The number of likely N-dealkylation sites (tertiary alicyclic amines) is 1. The summed E-state index contributed by atoms with van der Waals surface area (Å²) in [6.45, 7) is 2.86. The van der Waals surface area contributed by atoms with Crippen LogP contribution in [-0.2, 0) is 14.8 Å². The van der Waals surface area contributed by atoms with Crippen LogP contribution in [0, 0.1) is 0 Å². The molecule has 0 aromatic rings. The number of nitrogens with zero attached hydrogens (tertiary/aromatic N) is 2. The Balaban J connectivity index is 1.93. The van der Waals surface area contributed by atoms with Gasteiger partial charge in [0, 0.05) is 26.2 Å². The summed E-state index contributed by atoms with van der Waals surface area (Å²) < 4.78 is 25.4. The fraction of sp³-hybridized carbons (Fsp3) is 0.933. The lowest BCUT2D eigenvalue weighted by molar-refractivity contribution is -0.139. The van der Waals surface area contributed by atoms with Gasteiger partial charge in [-0.25, -0.2) is 12.7 Å². The first-order chi connectivity index (χ1) is 10.3. The van der Waals surface area contributed by atoms with Crippen LogP contribution in [-0.4, -0.2) is 61.0 Å². The topological polar surface area (TPSA) is 83.7 Å². The molecular formula is C15H29N3O3S. The van der Waals surface area contributed by atoms with E-state index in [2.05, 4.69) is 0 Å². The van der Waals surface area contributed by atoms with Crippen molar-refractivity contribution in [2.24, 2.45) is 5.73 Å². The molecule has 1 saturated heterocycles. The molecule has 6 nitrogen and oxygen atoms in total. The third-order valence-corrected chi connectivity index (χ3v) is 7.15. The van der Waals surface area contributed by atoms with Crippen LogP contribution in [0.4, 0.5) is 0 Å². The number of piperidine rings is 1. The number of carbonyl (C=O) groups is 1. The number of nitrogens with two attached hydrogens (primary N) is 1. The SMILES string of the molecule is CCS(=O)(=O)N(C)C1CCN(C(=O)C2(N)CCCCC2)CC1. The highest BCUT2D eigenvalue weighted by atomic mass is 32.2. The third kappa shape index (κ3) is 3.63. The maximum absolute atomic E-state index is 12.7. The van der Waals surface area contributed by atoms with Crippen LogP contribution >= 0.6 is 0 Å². The van der Waals surface area contributed by atoms with E-state index in [1.165, 1.54) is 4.31 Å². The molecule has 22 heavy (non-hydrogen) atoms. The first-order valence-corrected chi connectivity index (χ1v) is 9.95. The van der Waals surface area contributed by atoms with Crippen molar-refractivity contribution in [3.63, 3.8) is 0 Å². The van der Waals surface area contributed by atoms with Crippen molar-refractivity contribution in [1.29, 1.82) is 0 Å². The lowest BCUT2D eigenvalue weighted by Crippen LogP contribution is -2.58. The standard InChI is InChI=1S/C15H29N3O3S/c1-3-22(20,21)17(2)13-7-11-18(12-8-13)14(19)15(16)9-5-4-6-10-15/h13H,3-12,16H2,1-2H3. The Labute approximate surface area is 134 Å². The van der Waals surface area contributed by atoms with Gasteiger partial charge in [0.05, 0.1) is 11.3 Å². The van der Waals surface area contributed by atoms with Crippen molar-refractivity contribution in [2.45, 2.75) is 63.5 Å². The Morgan fingerprint density at radius 3 is 2.27 bits per heavy atom. The molecule has 0 aromatic carbocycles. The largest absolute Gasteiger partial charge is 0.341 e. The highest BCUT2D eigenvalue weighted by Gasteiger charge is 2.40. The van der Waals surface area contributed by atoms with Crippen molar-refractivity contribution in [3.05, 3.63) is 0 Å². The van der Waals surface area contributed by atoms with Crippen LogP contribution in [0.5, 0.6) is 0 Å². The van der Waals surface area contributed by atoms with E-state index in [0.717, 1.165) is 32.1 Å². The highest BCUT2D eigenvalue weighted by Crippen LogP contribution is 2.29. The summed E-state index contributed by atoms with van der Waals surface area (Å²) in [5.74, 6) is 0.181. The molecule has 0 bridgehead atoms. The van der Waals surface area contributed by atoms with Gasteiger partial charge < -0.3 is 10.6 Å². The average Bonchev–Trinajstić information content (AvgIpc) is 2.54. The number of carbonyl (C=O) groups excluding carboxylic acids is 1. The van der Waals surface area contributed by atoms with Gasteiger partial charge in [0.2, 0.25) is 15.9 Å². The molecule has 0 aromatic heterocycles. The first-order valence-electron chi connectivity index (χ1n) is 8.34. The van der Waals surface area contributed by atoms with Gasteiger partial charge in [-0.3, -0.25) is 4.79 Å². The minimum Gasteiger partial charge on any atom is -0.341 e. The molecule has 2 aliphatic rings. The second kappa shape index (κ2) is 6.84. The second-order valence-electron chi connectivity index (χ2n) is 6.66. The van der Waals surface area contributed by atoms with Gasteiger partial charge in [-0.1, -0.05) is 19.3 Å². The normalized spacial score (nSPS) is 23.7. The molecule has 1 aliphatic heterocycles. The average molecular weight is 331 g/mol. The minimum absolute atomic E-state index is 0.00548. The van der Waals surface area contributed by atoms with Crippen molar-refractivity contribution >= 4 is 15.9 Å². The number of amides is 1. The molecule has 1 aliphatic carbocycles. The van der Waals surface area contributed by atoms with Gasteiger partial charge in [-0.05, 0) is 32.6 Å². The van der Waals surface area contributed by atoms with Gasteiger partial charge in [0.1, 0.15) is 0 Å². The molecule has 0 radical (unpaired) electrons. The molecule has 7 heteroatoms. The summed E-state index contributed by atoms with van der Waals surface area (Å²) >= 11 is 0. The Morgan fingerprint density at radius 1 is 1.23 bits per heavy atom. The van der Waals surface area contributed by atoms with Gasteiger partial charge in [0.25, 0.3) is 0 Å². The quantitative estimate of drug-likeness (QED) is 0.830. The number of hydrogen-bond donors (Lipinski definition) is 1. The summed E-state index contributed by atoms with van der Waals surface area (Å²) in [6, 6.07) is -0.00548. The zero-order valence-electron chi connectivity index (χ0n) is 13.8. The predicted octanol–water partition coefficient (Wildman–Crippen LogP) is 0.921. The fourth-order valence-corrected chi connectivity index (χ4v) is 4.65. The smallest absolute Gasteiger partial charge is 0.242 e. The lowest BCUT2D eigenvalue weighted by Gasteiger charge is -2.41. The first kappa shape index (κ1) is 17.7. The zero-order valence-corrected chi connectivity index (χ0v) is 14.6. The van der Waals surface area contributed by atoms with Gasteiger partial charge in [-0.2, -0.15) is 0 Å². The van der Waals surface area contributed by atoms with Gasteiger partial charge in [0.15, 0.2) is 0 Å². The Bertz CT molecular complexity index is 492. The van der Waals surface area contributed by atoms with Crippen LogP contribution in [0.1, 0.15) is 51.9 Å². The van der Waals surface area contributed by atoms with E-state index in [0.29, 0.717) is 25.9 Å². The van der Waals surface area contributed by atoms with E-state index >= 15 is 0 Å². The molecule has 2 N–H and O–H groups in total. The maximum atomic E-state index is 12.7. The molecular weight excluding hydrogens is 302 g/mol. The Hall–Kier alpha value is -0.660. The van der Waals surface area contributed by atoms with Crippen LogP contribution in [0.25, 0.3) is 0 Å². The van der Waals surface area contributed by atoms with Crippen LogP contribution < -0.4 is 5.73 Å². The van der Waals surface area contributed by atoms with Crippen molar-refractivity contribution in [1.82, 2.24) is 9.21 Å². The van der Waals surface area contributed by atoms with E-state index in [9.17, 15) is 13.2 Å². The molecule has 0 spiro atoms. The molecule has 1 heterocycles. The molecule has 2 fully saturated rings. The zero-order chi connectivity index (χ0) is 16.4. The third-order valence-electron chi connectivity index (χ3n) is 5.24. The summed E-state index contributed by atoms with van der Waals surface area (Å²) in [5.41, 5.74) is 5.63. The molecule has 0 unspecified atom stereocenters. The molecule has 1 amide bonds.